The second-order valence-corrected chi connectivity index (χ2v) is 5.91. The highest BCUT2D eigenvalue weighted by Crippen LogP contribution is 2.21. The van der Waals surface area contributed by atoms with Gasteiger partial charge < -0.3 is 20.9 Å². The maximum absolute atomic E-state index is 12.6. The molecule has 120 valence electrons. The molecule has 1 fully saturated rings. The zero-order valence-electron chi connectivity index (χ0n) is 12.4. The third kappa shape index (κ3) is 3.38. The lowest BCUT2D eigenvalue weighted by atomic mass is 10.0. The molecule has 23 heavy (non-hydrogen) atoms. The third-order valence-electron chi connectivity index (χ3n) is 3.93. The fraction of sp³-hybridized carbons (Fsp3) is 0.250. The molecule has 0 radical (unpaired) electrons. The molecule has 0 bridgehead atoms. The van der Waals surface area contributed by atoms with Crippen LogP contribution in [0.1, 0.15) is 32.5 Å². The second kappa shape index (κ2) is 6.44. The fourth-order valence-corrected chi connectivity index (χ4v) is 2.82. The number of amides is 2. The number of H-pyrrole nitrogens is 1. The summed E-state index contributed by atoms with van der Waals surface area (Å²) in [5.74, 6) is -0.697. The Hall–Kier alpha value is -2.31. The Morgan fingerprint density at radius 1 is 1.26 bits per heavy atom. The van der Waals surface area contributed by atoms with Gasteiger partial charge in [-0.3, -0.25) is 9.59 Å². The van der Waals surface area contributed by atoms with Gasteiger partial charge in [0.2, 0.25) is 0 Å². The highest BCUT2D eigenvalue weighted by atomic mass is 35.5. The van der Waals surface area contributed by atoms with E-state index >= 15 is 0 Å². The van der Waals surface area contributed by atoms with E-state index in [1.165, 1.54) is 12.3 Å². The van der Waals surface area contributed by atoms with E-state index in [1.807, 2.05) is 24.3 Å². The molecular weight excluding hydrogens is 316 g/mol. The maximum atomic E-state index is 12.6. The van der Waals surface area contributed by atoms with E-state index in [1.54, 1.807) is 4.90 Å². The third-order valence-corrected chi connectivity index (χ3v) is 4.18. The van der Waals surface area contributed by atoms with Crippen LogP contribution in [0.15, 0.2) is 36.5 Å². The van der Waals surface area contributed by atoms with E-state index in [4.69, 9.17) is 17.3 Å². The van der Waals surface area contributed by atoms with E-state index in [0.717, 1.165) is 5.56 Å². The minimum absolute atomic E-state index is 0.0551. The number of primary amides is 1. The number of hydrogen-bond donors (Lipinski definition) is 3. The molecule has 1 aliphatic rings. The average Bonchev–Trinajstić information content (AvgIpc) is 3.05. The number of nitrogens with two attached hydrogens (primary N) is 1. The Balaban J connectivity index is 1.73. The van der Waals surface area contributed by atoms with Gasteiger partial charge in [-0.2, -0.15) is 0 Å². The van der Waals surface area contributed by atoms with E-state index in [9.17, 15) is 9.59 Å². The fourth-order valence-electron chi connectivity index (χ4n) is 2.70. The van der Waals surface area contributed by atoms with Crippen LogP contribution in [-0.2, 0) is 0 Å². The van der Waals surface area contributed by atoms with Crippen molar-refractivity contribution in [2.45, 2.75) is 6.04 Å². The molecule has 1 atom stereocenters. The van der Waals surface area contributed by atoms with Crippen molar-refractivity contribution in [2.24, 2.45) is 5.73 Å². The minimum atomic E-state index is -0.580. The molecule has 1 aliphatic heterocycles. The highest BCUT2D eigenvalue weighted by molar-refractivity contribution is 6.30. The number of aromatic nitrogens is 1. The van der Waals surface area contributed by atoms with Crippen LogP contribution in [0.2, 0.25) is 5.02 Å². The first-order valence-electron chi connectivity index (χ1n) is 7.31. The molecule has 0 spiro atoms. The standard InChI is InChI=1S/C16H17ClN4O2/c17-12-3-1-10(2-4-12)14-9-21(6-5-19-14)16(23)11-7-13(15(18)22)20-8-11/h1-4,7-8,14,19-20H,5-6,9H2,(H2,18,22). The van der Waals surface area contributed by atoms with Crippen LogP contribution < -0.4 is 11.1 Å². The number of aromatic amines is 1. The van der Waals surface area contributed by atoms with Crippen LogP contribution in [0.5, 0.6) is 0 Å². The first kappa shape index (κ1) is 15.6. The minimum Gasteiger partial charge on any atom is -0.364 e. The summed E-state index contributed by atoms with van der Waals surface area (Å²) in [5, 5.41) is 4.08. The van der Waals surface area contributed by atoms with Crippen LogP contribution in [0.25, 0.3) is 0 Å². The first-order valence-corrected chi connectivity index (χ1v) is 7.69. The number of halogens is 1. The summed E-state index contributed by atoms with van der Waals surface area (Å²) >= 11 is 5.91. The molecule has 0 saturated carbocycles. The van der Waals surface area contributed by atoms with Crippen molar-refractivity contribution in [1.29, 1.82) is 0 Å². The number of hydrogen-bond acceptors (Lipinski definition) is 3. The molecule has 2 heterocycles. The van der Waals surface area contributed by atoms with Crippen molar-refractivity contribution >= 4 is 23.4 Å². The summed E-state index contributed by atoms with van der Waals surface area (Å²) in [4.78, 5) is 28.2. The lowest BCUT2D eigenvalue weighted by molar-refractivity contribution is 0.0703. The molecule has 1 aromatic heterocycles. The number of rotatable bonds is 3. The lowest BCUT2D eigenvalue weighted by Crippen LogP contribution is -2.48. The summed E-state index contributed by atoms with van der Waals surface area (Å²) in [6.45, 7) is 1.86. The zero-order chi connectivity index (χ0) is 16.4. The Kier molecular flexibility index (Phi) is 4.36. The van der Waals surface area contributed by atoms with Crippen LogP contribution in [0, 0.1) is 0 Å². The molecule has 6 nitrogen and oxygen atoms in total. The van der Waals surface area contributed by atoms with Crippen molar-refractivity contribution in [3.05, 3.63) is 58.4 Å². The Labute approximate surface area is 138 Å². The first-order chi connectivity index (χ1) is 11.0. The predicted octanol–water partition coefficient (Wildman–Crippen LogP) is 1.55. The lowest BCUT2D eigenvalue weighted by Gasteiger charge is -2.34. The molecular formula is C16H17ClN4O2. The van der Waals surface area contributed by atoms with E-state index in [-0.39, 0.29) is 17.6 Å². The summed E-state index contributed by atoms with van der Waals surface area (Å²) in [7, 11) is 0. The monoisotopic (exact) mass is 332 g/mol. The van der Waals surface area contributed by atoms with Gasteiger partial charge in [0.1, 0.15) is 5.69 Å². The molecule has 1 saturated heterocycles. The molecule has 3 rings (SSSR count). The number of carbonyl (C=O) groups excluding carboxylic acids is 2. The van der Waals surface area contributed by atoms with Gasteiger partial charge in [0, 0.05) is 36.9 Å². The number of nitrogens with one attached hydrogen (secondary N) is 2. The van der Waals surface area contributed by atoms with E-state index in [2.05, 4.69) is 10.3 Å². The number of piperazine rings is 1. The normalized spacial score (nSPS) is 18.0. The number of benzene rings is 1. The maximum Gasteiger partial charge on any atom is 0.265 e. The van der Waals surface area contributed by atoms with E-state index < -0.39 is 5.91 Å². The molecule has 2 amide bonds. The number of carbonyl (C=O) groups is 2. The van der Waals surface area contributed by atoms with Crippen LogP contribution in [-0.4, -0.2) is 41.3 Å². The zero-order valence-corrected chi connectivity index (χ0v) is 13.1. The van der Waals surface area contributed by atoms with Crippen LogP contribution >= 0.6 is 11.6 Å². The molecule has 1 aromatic carbocycles. The van der Waals surface area contributed by atoms with Gasteiger partial charge in [0.25, 0.3) is 11.8 Å². The second-order valence-electron chi connectivity index (χ2n) is 5.48. The van der Waals surface area contributed by atoms with Gasteiger partial charge in [0.05, 0.1) is 5.56 Å². The smallest absolute Gasteiger partial charge is 0.265 e. The van der Waals surface area contributed by atoms with Gasteiger partial charge in [-0.05, 0) is 23.8 Å². The summed E-state index contributed by atoms with van der Waals surface area (Å²) < 4.78 is 0. The number of nitrogens with zero attached hydrogens (tertiary/aromatic N) is 1. The molecule has 7 heteroatoms. The van der Waals surface area contributed by atoms with Crippen molar-refractivity contribution in [3.8, 4) is 0 Å². The van der Waals surface area contributed by atoms with Crippen molar-refractivity contribution in [2.75, 3.05) is 19.6 Å². The summed E-state index contributed by atoms with van der Waals surface area (Å²) in [5.41, 5.74) is 6.96. The molecule has 0 aliphatic carbocycles. The van der Waals surface area contributed by atoms with Crippen molar-refractivity contribution in [1.82, 2.24) is 15.2 Å². The predicted molar refractivity (Wildman–Crippen MR) is 87.4 cm³/mol. The largest absolute Gasteiger partial charge is 0.364 e. The van der Waals surface area contributed by atoms with Gasteiger partial charge in [0.15, 0.2) is 0 Å². The quantitative estimate of drug-likeness (QED) is 0.796. The Morgan fingerprint density at radius 3 is 2.65 bits per heavy atom. The van der Waals surface area contributed by atoms with Gasteiger partial charge >= 0.3 is 0 Å². The Bertz CT molecular complexity index is 726. The average molecular weight is 333 g/mol. The Morgan fingerprint density at radius 2 is 2.00 bits per heavy atom. The molecule has 4 N–H and O–H groups in total. The van der Waals surface area contributed by atoms with Crippen molar-refractivity contribution in [3.63, 3.8) is 0 Å². The van der Waals surface area contributed by atoms with Gasteiger partial charge in [-0.25, -0.2) is 0 Å². The summed E-state index contributed by atoms with van der Waals surface area (Å²) in [6.07, 6.45) is 1.52. The van der Waals surface area contributed by atoms with E-state index in [0.29, 0.717) is 30.2 Å². The topological polar surface area (TPSA) is 91.2 Å². The SMILES string of the molecule is NC(=O)c1cc(C(=O)N2CCNC(c3ccc(Cl)cc3)C2)c[nH]1. The highest BCUT2D eigenvalue weighted by Gasteiger charge is 2.25. The van der Waals surface area contributed by atoms with Gasteiger partial charge in [-0.15, -0.1) is 0 Å². The van der Waals surface area contributed by atoms with Crippen molar-refractivity contribution < 1.29 is 9.59 Å². The van der Waals surface area contributed by atoms with Crippen LogP contribution in [0.3, 0.4) is 0 Å². The van der Waals surface area contributed by atoms with Gasteiger partial charge in [-0.1, -0.05) is 23.7 Å². The summed E-state index contributed by atoms with van der Waals surface area (Å²) in [6, 6.07) is 9.13. The molecule has 1 unspecified atom stereocenters. The van der Waals surface area contributed by atoms with Crippen LogP contribution in [0.4, 0.5) is 0 Å². The molecule has 2 aromatic rings.